The normalized spacial score (nSPS) is 11.6. The summed E-state index contributed by atoms with van der Waals surface area (Å²) in [5, 5.41) is 0.765. The Hall–Kier alpha value is -2.83. The number of hydrogen-bond acceptors (Lipinski definition) is 4. The molecule has 0 bridgehead atoms. The minimum atomic E-state index is -4.70. The maximum absolute atomic E-state index is 12.2. The van der Waals surface area contributed by atoms with Gasteiger partial charge in [0.25, 0.3) is 0 Å². The molecule has 112 valence electrons. The molecule has 0 unspecified atom stereocenters. The number of benzene rings is 1. The summed E-state index contributed by atoms with van der Waals surface area (Å²) in [5.41, 5.74) is 7.63. The molecule has 0 aliphatic carbocycles. The van der Waals surface area contributed by atoms with Crippen LogP contribution in [0.4, 0.5) is 19.0 Å². The summed E-state index contributed by atoms with van der Waals surface area (Å²) in [6.45, 7) is 0. The van der Waals surface area contributed by atoms with Crippen molar-refractivity contribution in [2.75, 3.05) is 5.73 Å². The van der Waals surface area contributed by atoms with Crippen molar-refractivity contribution in [1.82, 2.24) is 9.97 Å². The molecule has 7 heteroatoms. The van der Waals surface area contributed by atoms with E-state index in [0.29, 0.717) is 11.5 Å². The van der Waals surface area contributed by atoms with Crippen LogP contribution in [0.25, 0.3) is 22.2 Å². The highest BCUT2D eigenvalue weighted by Gasteiger charge is 2.30. The quantitative estimate of drug-likeness (QED) is 0.782. The van der Waals surface area contributed by atoms with Crippen molar-refractivity contribution in [3.63, 3.8) is 0 Å². The molecule has 22 heavy (non-hydrogen) atoms. The summed E-state index contributed by atoms with van der Waals surface area (Å²) in [4.78, 5) is 8.25. The number of hydrogen-bond donors (Lipinski definition) is 1. The van der Waals surface area contributed by atoms with Gasteiger partial charge in [0, 0.05) is 11.6 Å². The lowest BCUT2D eigenvalue weighted by Crippen LogP contribution is -2.16. The molecule has 3 rings (SSSR count). The highest BCUT2D eigenvalue weighted by atomic mass is 19.4. The monoisotopic (exact) mass is 305 g/mol. The SMILES string of the molecule is Nc1ccc2c(-c3ccc(OC(F)(F)F)cc3)ccnc2n1. The van der Waals surface area contributed by atoms with Gasteiger partial charge in [-0.05, 0) is 41.5 Å². The average Bonchev–Trinajstić information content (AvgIpc) is 2.45. The lowest BCUT2D eigenvalue weighted by atomic mass is 10.0. The molecule has 0 aliphatic rings. The molecular formula is C15H10F3N3O. The van der Waals surface area contributed by atoms with Crippen molar-refractivity contribution in [1.29, 1.82) is 0 Å². The first-order chi connectivity index (χ1) is 10.4. The molecule has 0 saturated heterocycles. The van der Waals surface area contributed by atoms with E-state index in [1.807, 2.05) is 0 Å². The van der Waals surface area contributed by atoms with E-state index in [9.17, 15) is 13.2 Å². The van der Waals surface area contributed by atoms with Gasteiger partial charge in [-0.3, -0.25) is 0 Å². The number of nitrogen functional groups attached to an aromatic ring is 1. The average molecular weight is 305 g/mol. The second-order valence-electron chi connectivity index (χ2n) is 4.54. The summed E-state index contributed by atoms with van der Waals surface area (Å²) >= 11 is 0. The van der Waals surface area contributed by atoms with Crippen molar-refractivity contribution >= 4 is 16.9 Å². The van der Waals surface area contributed by atoms with Crippen LogP contribution in [0.15, 0.2) is 48.7 Å². The van der Waals surface area contributed by atoms with Gasteiger partial charge in [0.1, 0.15) is 11.6 Å². The first-order valence-electron chi connectivity index (χ1n) is 6.30. The lowest BCUT2D eigenvalue weighted by molar-refractivity contribution is -0.274. The van der Waals surface area contributed by atoms with E-state index in [1.165, 1.54) is 12.1 Å². The highest BCUT2D eigenvalue weighted by Crippen LogP contribution is 2.30. The van der Waals surface area contributed by atoms with Gasteiger partial charge in [0.05, 0.1) is 0 Å². The van der Waals surface area contributed by atoms with Crippen molar-refractivity contribution in [3.05, 3.63) is 48.7 Å². The summed E-state index contributed by atoms with van der Waals surface area (Å²) in [6.07, 6.45) is -3.13. The number of halogens is 3. The molecule has 0 amide bonds. The third kappa shape index (κ3) is 2.93. The number of rotatable bonds is 2. The summed E-state index contributed by atoms with van der Waals surface area (Å²) in [7, 11) is 0. The molecule has 2 heterocycles. The van der Waals surface area contributed by atoms with E-state index in [0.717, 1.165) is 16.5 Å². The molecule has 4 nitrogen and oxygen atoms in total. The molecule has 0 spiro atoms. The van der Waals surface area contributed by atoms with E-state index in [4.69, 9.17) is 5.73 Å². The van der Waals surface area contributed by atoms with Gasteiger partial charge >= 0.3 is 6.36 Å². The van der Waals surface area contributed by atoms with Crippen molar-refractivity contribution < 1.29 is 17.9 Å². The Morgan fingerprint density at radius 1 is 0.955 bits per heavy atom. The maximum atomic E-state index is 12.2. The number of alkyl halides is 3. The van der Waals surface area contributed by atoms with E-state index >= 15 is 0 Å². The fraction of sp³-hybridized carbons (Fsp3) is 0.0667. The molecule has 2 N–H and O–H groups in total. The van der Waals surface area contributed by atoms with Gasteiger partial charge in [-0.2, -0.15) is 0 Å². The van der Waals surface area contributed by atoms with Gasteiger partial charge in [-0.25, -0.2) is 9.97 Å². The number of anilines is 1. The van der Waals surface area contributed by atoms with Gasteiger partial charge in [0.2, 0.25) is 0 Å². The molecular weight excluding hydrogens is 295 g/mol. The zero-order valence-electron chi connectivity index (χ0n) is 11.1. The molecule has 3 aromatic rings. The first kappa shape index (κ1) is 14.1. The van der Waals surface area contributed by atoms with Gasteiger partial charge in [0.15, 0.2) is 5.65 Å². The predicted molar refractivity (Wildman–Crippen MR) is 76.1 cm³/mol. The van der Waals surface area contributed by atoms with Crippen molar-refractivity contribution in [2.24, 2.45) is 0 Å². The molecule has 1 aromatic carbocycles. The minimum absolute atomic E-state index is 0.267. The van der Waals surface area contributed by atoms with E-state index in [-0.39, 0.29) is 5.75 Å². The smallest absolute Gasteiger partial charge is 0.406 e. The number of fused-ring (bicyclic) bond motifs is 1. The van der Waals surface area contributed by atoms with Gasteiger partial charge in [-0.15, -0.1) is 13.2 Å². The van der Waals surface area contributed by atoms with Crippen LogP contribution in [0.5, 0.6) is 5.75 Å². The lowest BCUT2D eigenvalue weighted by Gasteiger charge is -2.10. The zero-order chi connectivity index (χ0) is 15.7. The number of aromatic nitrogens is 2. The highest BCUT2D eigenvalue weighted by molar-refractivity contribution is 5.93. The predicted octanol–water partition coefficient (Wildman–Crippen LogP) is 3.78. The zero-order valence-corrected chi connectivity index (χ0v) is 11.1. The van der Waals surface area contributed by atoms with Crippen LogP contribution in [-0.2, 0) is 0 Å². The summed E-state index contributed by atoms with van der Waals surface area (Å²) in [5.74, 6) is 0.0862. The topological polar surface area (TPSA) is 61.0 Å². The van der Waals surface area contributed by atoms with Crippen LogP contribution in [0.1, 0.15) is 0 Å². The van der Waals surface area contributed by atoms with Crippen molar-refractivity contribution in [3.8, 4) is 16.9 Å². The molecule has 0 fully saturated rings. The Kier molecular flexibility index (Phi) is 3.32. The second kappa shape index (κ2) is 5.18. The third-order valence-corrected chi connectivity index (χ3v) is 3.02. The summed E-state index contributed by atoms with van der Waals surface area (Å²) < 4.78 is 40.3. The van der Waals surface area contributed by atoms with Crippen LogP contribution in [0.3, 0.4) is 0 Å². The molecule has 2 aromatic heterocycles. The maximum Gasteiger partial charge on any atom is 0.573 e. The molecule has 0 aliphatic heterocycles. The Balaban J connectivity index is 2.01. The Morgan fingerprint density at radius 2 is 1.68 bits per heavy atom. The second-order valence-corrected chi connectivity index (χ2v) is 4.54. The van der Waals surface area contributed by atoms with Crippen LogP contribution in [0, 0.1) is 0 Å². The van der Waals surface area contributed by atoms with Crippen LogP contribution < -0.4 is 10.5 Å². The van der Waals surface area contributed by atoms with Gasteiger partial charge in [-0.1, -0.05) is 12.1 Å². The van der Waals surface area contributed by atoms with E-state index in [1.54, 1.807) is 36.5 Å². The fourth-order valence-electron chi connectivity index (χ4n) is 2.13. The van der Waals surface area contributed by atoms with Gasteiger partial charge < -0.3 is 10.5 Å². The largest absolute Gasteiger partial charge is 0.573 e. The number of ether oxygens (including phenoxy) is 1. The fourth-order valence-corrected chi connectivity index (χ4v) is 2.13. The Bertz CT molecular complexity index is 816. The Morgan fingerprint density at radius 3 is 2.36 bits per heavy atom. The number of pyridine rings is 2. The number of nitrogens with zero attached hydrogens (tertiary/aromatic N) is 2. The molecule has 0 radical (unpaired) electrons. The number of nitrogens with two attached hydrogens (primary N) is 1. The van der Waals surface area contributed by atoms with Crippen LogP contribution >= 0.6 is 0 Å². The van der Waals surface area contributed by atoms with Crippen LogP contribution in [-0.4, -0.2) is 16.3 Å². The summed E-state index contributed by atoms with van der Waals surface area (Å²) in [6, 6.07) is 10.8. The Labute approximate surface area is 123 Å². The van der Waals surface area contributed by atoms with E-state index in [2.05, 4.69) is 14.7 Å². The molecule has 0 atom stereocenters. The van der Waals surface area contributed by atoms with E-state index < -0.39 is 6.36 Å². The molecule has 0 saturated carbocycles. The third-order valence-electron chi connectivity index (χ3n) is 3.02. The standard InChI is InChI=1S/C15H10F3N3O/c16-15(17,18)22-10-3-1-9(2-4-10)11-7-8-20-14-12(11)5-6-13(19)21-14/h1-8H,(H2,19,20,21). The minimum Gasteiger partial charge on any atom is -0.406 e. The van der Waals surface area contributed by atoms with Crippen LogP contribution in [0.2, 0.25) is 0 Å². The van der Waals surface area contributed by atoms with Crippen molar-refractivity contribution in [2.45, 2.75) is 6.36 Å². The first-order valence-corrected chi connectivity index (χ1v) is 6.30.